The molecule has 0 saturated carbocycles. The van der Waals surface area contributed by atoms with Gasteiger partial charge in [0, 0.05) is 45.5 Å². The van der Waals surface area contributed by atoms with Crippen LogP contribution in [-0.4, -0.2) is 70.9 Å². The zero-order chi connectivity index (χ0) is 19.5. The maximum absolute atomic E-state index is 12.9. The second-order valence-corrected chi connectivity index (χ2v) is 7.50. The lowest BCUT2D eigenvalue weighted by Gasteiger charge is -2.34. The number of carbonyl (C=O) groups excluding carboxylic acids is 2. The number of furan rings is 1. The lowest BCUT2D eigenvalue weighted by Crippen LogP contribution is -2.50. The van der Waals surface area contributed by atoms with E-state index in [2.05, 4.69) is 21.8 Å². The molecule has 2 aromatic heterocycles. The number of piperidine rings is 1. The number of hydrogen-bond donors (Lipinski definition) is 0. The molecule has 148 valence electrons. The summed E-state index contributed by atoms with van der Waals surface area (Å²) in [7, 11) is 0. The Morgan fingerprint density at radius 2 is 1.82 bits per heavy atom. The number of aromatic nitrogens is 2. The van der Waals surface area contributed by atoms with Crippen LogP contribution in [0.25, 0.3) is 0 Å². The predicted molar refractivity (Wildman–Crippen MR) is 103 cm³/mol. The van der Waals surface area contributed by atoms with Crippen LogP contribution in [0, 0.1) is 5.92 Å². The van der Waals surface area contributed by atoms with Crippen LogP contribution in [0.3, 0.4) is 0 Å². The predicted octanol–water partition coefficient (Wildman–Crippen LogP) is 1.90. The Labute approximate surface area is 164 Å². The first kappa shape index (κ1) is 18.5. The largest absolute Gasteiger partial charge is 0.459 e. The van der Waals surface area contributed by atoms with E-state index in [4.69, 9.17) is 4.42 Å². The second-order valence-electron chi connectivity index (χ2n) is 7.50. The van der Waals surface area contributed by atoms with Crippen LogP contribution in [-0.2, 0) is 0 Å². The van der Waals surface area contributed by atoms with Crippen molar-refractivity contribution >= 4 is 17.8 Å². The van der Waals surface area contributed by atoms with Gasteiger partial charge in [-0.3, -0.25) is 9.59 Å². The summed E-state index contributed by atoms with van der Waals surface area (Å²) in [5.74, 6) is 1.32. The van der Waals surface area contributed by atoms with Crippen molar-refractivity contribution in [1.82, 2.24) is 19.8 Å². The molecule has 8 heteroatoms. The fraction of sp³-hybridized carbons (Fsp3) is 0.500. The first-order chi connectivity index (χ1) is 13.6. The molecule has 1 atom stereocenters. The fourth-order valence-corrected chi connectivity index (χ4v) is 3.82. The van der Waals surface area contributed by atoms with E-state index in [1.807, 2.05) is 0 Å². The van der Waals surface area contributed by atoms with Crippen molar-refractivity contribution < 1.29 is 14.0 Å². The molecule has 0 spiro atoms. The van der Waals surface area contributed by atoms with Gasteiger partial charge in [0.1, 0.15) is 5.69 Å². The summed E-state index contributed by atoms with van der Waals surface area (Å²) < 4.78 is 5.18. The van der Waals surface area contributed by atoms with Crippen LogP contribution in [0.15, 0.2) is 35.1 Å². The molecule has 2 amide bonds. The van der Waals surface area contributed by atoms with Crippen molar-refractivity contribution in [2.24, 2.45) is 5.92 Å². The smallest absolute Gasteiger partial charge is 0.289 e. The van der Waals surface area contributed by atoms with E-state index in [0.717, 1.165) is 19.5 Å². The maximum Gasteiger partial charge on any atom is 0.289 e. The Hall–Kier alpha value is -2.90. The van der Waals surface area contributed by atoms with Gasteiger partial charge in [-0.2, -0.15) is 0 Å². The molecule has 2 aliphatic rings. The van der Waals surface area contributed by atoms with Gasteiger partial charge in [-0.25, -0.2) is 9.97 Å². The average molecular weight is 383 g/mol. The zero-order valence-electron chi connectivity index (χ0n) is 16.1. The third-order valence-corrected chi connectivity index (χ3v) is 5.39. The topological polar surface area (TPSA) is 82.8 Å². The van der Waals surface area contributed by atoms with Gasteiger partial charge in [0.05, 0.1) is 6.26 Å². The number of anilines is 1. The molecule has 4 rings (SSSR count). The highest BCUT2D eigenvalue weighted by Gasteiger charge is 2.28. The average Bonchev–Trinajstić information content (AvgIpc) is 3.28. The minimum absolute atomic E-state index is 0.112. The van der Waals surface area contributed by atoms with Crippen LogP contribution >= 0.6 is 0 Å². The molecule has 0 aliphatic carbocycles. The third kappa shape index (κ3) is 3.85. The van der Waals surface area contributed by atoms with E-state index in [0.29, 0.717) is 49.5 Å². The monoisotopic (exact) mass is 383 g/mol. The van der Waals surface area contributed by atoms with Crippen molar-refractivity contribution in [2.45, 2.75) is 19.8 Å². The SMILES string of the molecule is CC1CCCN(c2nccc(C(=O)N3CCN(C(=O)c4ccco4)CC3)n2)C1. The molecular formula is C20H25N5O3. The third-order valence-electron chi connectivity index (χ3n) is 5.39. The first-order valence-electron chi connectivity index (χ1n) is 9.82. The quantitative estimate of drug-likeness (QED) is 0.805. The van der Waals surface area contributed by atoms with Gasteiger partial charge in [-0.05, 0) is 37.0 Å². The van der Waals surface area contributed by atoms with E-state index in [9.17, 15) is 9.59 Å². The second kappa shape index (κ2) is 8.00. The minimum Gasteiger partial charge on any atom is -0.459 e. The number of amides is 2. The van der Waals surface area contributed by atoms with Gasteiger partial charge in [-0.15, -0.1) is 0 Å². The van der Waals surface area contributed by atoms with E-state index in [1.54, 1.807) is 34.2 Å². The molecule has 2 fully saturated rings. The maximum atomic E-state index is 12.9. The highest BCUT2D eigenvalue weighted by molar-refractivity contribution is 5.93. The van der Waals surface area contributed by atoms with E-state index in [-0.39, 0.29) is 11.8 Å². The summed E-state index contributed by atoms with van der Waals surface area (Å²) in [5, 5.41) is 0. The molecule has 28 heavy (non-hydrogen) atoms. The fourth-order valence-electron chi connectivity index (χ4n) is 3.82. The minimum atomic E-state index is -0.138. The number of nitrogens with zero attached hydrogens (tertiary/aromatic N) is 5. The number of hydrogen-bond acceptors (Lipinski definition) is 6. The zero-order valence-corrected chi connectivity index (χ0v) is 16.1. The Morgan fingerprint density at radius 1 is 1.07 bits per heavy atom. The van der Waals surface area contributed by atoms with Gasteiger partial charge < -0.3 is 19.1 Å². The number of piperazine rings is 1. The summed E-state index contributed by atoms with van der Waals surface area (Å²) in [6.07, 6.45) is 5.48. The van der Waals surface area contributed by atoms with Crippen LogP contribution in [0.1, 0.15) is 40.8 Å². The highest BCUT2D eigenvalue weighted by Crippen LogP contribution is 2.20. The Balaban J connectivity index is 1.39. The van der Waals surface area contributed by atoms with E-state index >= 15 is 0 Å². The molecule has 2 saturated heterocycles. The van der Waals surface area contributed by atoms with Crippen molar-refractivity contribution in [3.8, 4) is 0 Å². The molecular weight excluding hydrogens is 358 g/mol. The highest BCUT2D eigenvalue weighted by atomic mass is 16.3. The standard InChI is InChI=1S/C20H25N5O3/c1-15-4-2-8-25(14-15)20-21-7-6-16(22-20)18(26)23-9-11-24(12-10-23)19(27)17-5-3-13-28-17/h3,5-7,13,15H,2,4,8-12,14H2,1H3. The van der Waals surface area contributed by atoms with Crippen LogP contribution in [0.4, 0.5) is 5.95 Å². The molecule has 2 aliphatic heterocycles. The molecule has 0 bridgehead atoms. The summed E-state index contributed by atoms with van der Waals surface area (Å²) in [5.41, 5.74) is 0.411. The van der Waals surface area contributed by atoms with Gasteiger partial charge >= 0.3 is 0 Å². The molecule has 0 radical (unpaired) electrons. The van der Waals surface area contributed by atoms with Crippen LogP contribution in [0.2, 0.25) is 0 Å². The first-order valence-corrected chi connectivity index (χ1v) is 9.82. The van der Waals surface area contributed by atoms with Crippen molar-refractivity contribution in [3.63, 3.8) is 0 Å². The molecule has 0 N–H and O–H groups in total. The van der Waals surface area contributed by atoms with E-state index < -0.39 is 0 Å². The lowest BCUT2D eigenvalue weighted by atomic mass is 10.0. The lowest BCUT2D eigenvalue weighted by molar-refractivity contribution is 0.0515. The van der Waals surface area contributed by atoms with E-state index in [1.165, 1.54) is 12.7 Å². The van der Waals surface area contributed by atoms with Crippen molar-refractivity contribution in [2.75, 3.05) is 44.2 Å². The normalized spacial score (nSPS) is 20.3. The number of rotatable bonds is 3. The van der Waals surface area contributed by atoms with Crippen molar-refractivity contribution in [1.29, 1.82) is 0 Å². The summed E-state index contributed by atoms with van der Waals surface area (Å²) in [6, 6.07) is 5.02. The summed E-state index contributed by atoms with van der Waals surface area (Å²) in [6.45, 7) is 5.99. The Kier molecular flexibility index (Phi) is 5.27. The Bertz CT molecular complexity index is 830. The van der Waals surface area contributed by atoms with Crippen LogP contribution in [0.5, 0.6) is 0 Å². The van der Waals surface area contributed by atoms with Gasteiger partial charge in [0.2, 0.25) is 5.95 Å². The van der Waals surface area contributed by atoms with Gasteiger partial charge in [0.15, 0.2) is 5.76 Å². The molecule has 2 aromatic rings. The molecule has 0 aromatic carbocycles. The van der Waals surface area contributed by atoms with Gasteiger partial charge in [-0.1, -0.05) is 6.92 Å². The molecule has 8 nitrogen and oxygen atoms in total. The van der Waals surface area contributed by atoms with Crippen molar-refractivity contribution in [3.05, 3.63) is 42.1 Å². The van der Waals surface area contributed by atoms with Gasteiger partial charge in [0.25, 0.3) is 11.8 Å². The Morgan fingerprint density at radius 3 is 2.50 bits per heavy atom. The number of carbonyl (C=O) groups is 2. The molecule has 1 unspecified atom stereocenters. The summed E-state index contributed by atoms with van der Waals surface area (Å²) in [4.78, 5) is 39.8. The molecule has 4 heterocycles. The summed E-state index contributed by atoms with van der Waals surface area (Å²) >= 11 is 0. The van der Waals surface area contributed by atoms with Crippen LogP contribution < -0.4 is 4.90 Å².